The lowest BCUT2D eigenvalue weighted by molar-refractivity contribution is -0.733. The maximum absolute atomic E-state index is 2.50. The monoisotopic (exact) mass is 494 g/mol. The van der Waals surface area contributed by atoms with Crippen LogP contribution in [0.15, 0.2) is 122 Å². The molecule has 6 aromatic rings. The highest BCUT2D eigenvalue weighted by molar-refractivity contribution is 7.26. The number of pyridine rings is 2. The van der Waals surface area contributed by atoms with Crippen LogP contribution in [0.25, 0.3) is 42.7 Å². The highest BCUT2D eigenvalue weighted by atomic mass is 32.1. The minimum Gasteiger partial charge on any atom is -0.197 e. The van der Waals surface area contributed by atoms with Gasteiger partial charge in [0.2, 0.25) is 11.4 Å². The van der Waals surface area contributed by atoms with E-state index in [4.69, 9.17) is 0 Å². The number of rotatable bonds is 0. The van der Waals surface area contributed by atoms with E-state index in [2.05, 4.69) is 131 Å². The minimum absolute atomic E-state index is 0.265. The molecule has 0 aliphatic carbocycles. The van der Waals surface area contributed by atoms with Crippen LogP contribution in [0.1, 0.15) is 23.1 Å². The lowest BCUT2D eigenvalue weighted by Crippen LogP contribution is -2.51. The summed E-state index contributed by atoms with van der Waals surface area (Å²) < 4.78 is 7.73. The summed E-state index contributed by atoms with van der Waals surface area (Å²) in [5.41, 5.74) is 8.17. The van der Waals surface area contributed by atoms with Gasteiger partial charge in [-0.25, -0.2) is 0 Å². The Morgan fingerprint density at radius 2 is 1.51 bits per heavy atom. The highest BCUT2D eigenvalue weighted by Gasteiger charge is 2.41. The van der Waals surface area contributed by atoms with Gasteiger partial charge in [-0.3, -0.25) is 0 Å². The van der Waals surface area contributed by atoms with E-state index in [1.54, 1.807) is 0 Å². The van der Waals surface area contributed by atoms with Crippen molar-refractivity contribution in [3.05, 3.63) is 133 Å². The molecule has 0 saturated heterocycles. The third-order valence-electron chi connectivity index (χ3n) is 8.15. The van der Waals surface area contributed by atoms with E-state index in [0.29, 0.717) is 5.92 Å². The van der Waals surface area contributed by atoms with Crippen molar-refractivity contribution in [1.29, 1.82) is 0 Å². The number of hydrogen-bond donors (Lipinski definition) is 0. The Morgan fingerprint density at radius 3 is 2.49 bits per heavy atom. The molecule has 176 valence electrons. The second-order valence-electron chi connectivity index (χ2n) is 10.1. The fourth-order valence-corrected chi connectivity index (χ4v) is 7.78. The Bertz CT molecular complexity index is 1860. The van der Waals surface area contributed by atoms with Crippen molar-refractivity contribution >= 4 is 31.5 Å². The van der Waals surface area contributed by atoms with Gasteiger partial charge in [0.25, 0.3) is 0 Å². The number of aromatic nitrogens is 2. The molecule has 0 fully saturated rings. The first kappa shape index (κ1) is 21.0. The normalized spacial score (nSPS) is 18.8. The van der Waals surface area contributed by atoms with Gasteiger partial charge in [-0.2, -0.15) is 9.13 Å². The molecule has 0 saturated carbocycles. The zero-order valence-electron chi connectivity index (χ0n) is 20.4. The Kier molecular flexibility index (Phi) is 4.68. The SMILES string of the molecule is C1=C/C2C(C[n+]3ccccc3-c3c(ccc4c3sc3ccccc34)C/1)c1ccccc1-c1cccc[n+]12. The predicted octanol–water partition coefficient (Wildman–Crippen LogP) is 7.41. The fraction of sp³-hybridized carbons (Fsp3) is 0.118. The van der Waals surface area contributed by atoms with Gasteiger partial charge < -0.3 is 0 Å². The van der Waals surface area contributed by atoms with Crippen molar-refractivity contribution in [3.63, 3.8) is 0 Å². The highest BCUT2D eigenvalue weighted by Crippen LogP contribution is 2.43. The second kappa shape index (κ2) is 8.22. The average Bonchev–Trinajstić information content (AvgIpc) is 3.33. The summed E-state index contributed by atoms with van der Waals surface area (Å²) >= 11 is 1.93. The summed E-state index contributed by atoms with van der Waals surface area (Å²) in [4.78, 5) is 0. The van der Waals surface area contributed by atoms with E-state index in [1.807, 2.05) is 11.3 Å². The average molecular weight is 495 g/mol. The zero-order chi connectivity index (χ0) is 24.3. The van der Waals surface area contributed by atoms with Gasteiger partial charge in [-0.05, 0) is 47.9 Å². The third-order valence-corrected chi connectivity index (χ3v) is 9.36. The molecule has 2 nitrogen and oxygen atoms in total. The summed E-state index contributed by atoms with van der Waals surface area (Å²) in [6, 6.07) is 36.0. The summed E-state index contributed by atoms with van der Waals surface area (Å²) in [7, 11) is 0. The van der Waals surface area contributed by atoms with E-state index in [9.17, 15) is 0 Å². The van der Waals surface area contributed by atoms with Crippen LogP contribution in [0.4, 0.5) is 0 Å². The Morgan fingerprint density at radius 1 is 0.703 bits per heavy atom. The molecule has 0 N–H and O–H groups in total. The first-order valence-corrected chi connectivity index (χ1v) is 13.9. The molecule has 2 aliphatic rings. The van der Waals surface area contributed by atoms with Crippen LogP contribution in [0.3, 0.4) is 0 Å². The molecule has 3 aromatic heterocycles. The molecule has 2 unspecified atom stereocenters. The number of hydrogen-bond acceptors (Lipinski definition) is 1. The van der Waals surface area contributed by atoms with Crippen LogP contribution in [-0.4, -0.2) is 0 Å². The largest absolute Gasteiger partial charge is 0.214 e. The van der Waals surface area contributed by atoms with Gasteiger partial charge in [0.1, 0.15) is 5.92 Å². The molecule has 0 spiro atoms. The Balaban J connectivity index is 1.40. The molecular formula is C34H26N2S+2. The van der Waals surface area contributed by atoms with E-state index in [-0.39, 0.29) is 6.04 Å². The smallest absolute Gasteiger partial charge is 0.197 e. The van der Waals surface area contributed by atoms with Gasteiger partial charge in [-0.1, -0.05) is 54.6 Å². The number of thiophene rings is 1. The van der Waals surface area contributed by atoms with Crippen molar-refractivity contribution in [2.45, 2.75) is 24.9 Å². The van der Waals surface area contributed by atoms with Crippen LogP contribution in [0, 0.1) is 0 Å². The van der Waals surface area contributed by atoms with Crippen molar-refractivity contribution in [1.82, 2.24) is 0 Å². The molecule has 37 heavy (non-hydrogen) atoms. The van der Waals surface area contributed by atoms with Crippen molar-refractivity contribution in [3.8, 4) is 22.5 Å². The van der Waals surface area contributed by atoms with Gasteiger partial charge in [0.15, 0.2) is 25.0 Å². The molecule has 0 amide bonds. The number of nitrogens with zero attached hydrogens (tertiary/aromatic N) is 2. The zero-order valence-corrected chi connectivity index (χ0v) is 21.2. The first-order chi connectivity index (χ1) is 18.4. The molecule has 2 aliphatic heterocycles. The molecule has 5 heterocycles. The third kappa shape index (κ3) is 3.17. The predicted molar refractivity (Wildman–Crippen MR) is 152 cm³/mol. The van der Waals surface area contributed by atoms with E-state index < -0.39 is 0 Å². The molecule has 3 heteroatoms. The number of allylic oxidation sites excluding steroid dienone is 2. The molecule has 8 rings (SSSR count). The number of benzene rings is 3. The summed E-state index contributed by atoms with van der Waals surface area (Å²) in [5, 5.41) is 2.72. The Hall–Kier alpha value is -4.08. The summed E-state index contributed by atoms with van der Waals surface area (Å²) in [6.07, 6.45) is 10.3. The van der Waals surface area contributed by atoms with Crippen molar-refractivity contribution in [2.24, 2.45) is 0 Å². The quantitative estimate of drug-likeness (QED) is 0.153. The number of fused-ring (bicyclic) bond motifs is 13. The van der Waals surface area contributed by atoms with E-state index >= 15 is 0 Å². The van der Waals surface area contributed by atoms with Crippen molar-refractivity contribution in [2.75, 3.05) is 0 Å². The van der Waals surface area contributed by atoms with Gasteiger partial charge in [0.05, 0.1) is 11.1 Å². The minimum atomic E-state index is 0.265. The Labute approximate surface area is 220 Å². The lowest BCUT2D eigenvalue weighted by Gasteiger charge is -2.28. The molecule has 3 aromatic carbocycles. The maximum atomic E-state index is 2.50. The lowest BCUT2D eigenvalue weighted by atomic mass is 9.82. The molecule has 0 bridgehead atoms. The van der Waals surface area contributed by atoms with Crippen LogP contribution in [0.2, 0.25) is 0 Å². The summed E-state index contributed by atoms with van der Waals surface area (Å²) in [5.74, 6) is 0.335. The van der Waals surface area contributed by atoms with Crippen molar-refractivity contribution < 1.29 is 9.13 Å². The maximum Gasteiger partial charge on any atom is 0.214 e. The first-order valence-electron chi connectivity index (χ1n) is 13.0. The topological polar surface area (TPSA) is 7.76 Å². The van der Waals surface area contributed by atoms with Gasteiger partial charge >= 0.3 is 0 Å². The van der Waals surface area contributed by atoms with Gasteiger partial charge in [-0.15, -0.1) is 11.3 Å². The molecular weight excluding hydrogens is 468 g/mol. The van der Waals surface area contributed by atoms with Crippen LogP contribution >= 0.6 is 11.3 Å². The summed E-state index contributed by atoms with van der Waals surface area (Å²) in [6.45, 7) is 0.921. The van der Waals surface area contributed by atoms with Crippen LogP contribution in [-0.2, 0) is 13.0 Å². The molecule has 0 radical (unpaired) electrons. The van der Waals surface area contributed by atoms with Gasteiger partial charge in [0, 0.05) is 44.4 Å². The fourth-order valence-electron chi connectivity index (χ4n) is 6.50. The van der Waals surface area contributed by atoms with Crippen LogP contribution in [0.5, 0.6) is 0 Å². The van der Waals surface area contributed by atoms with Crippen LogP contribution < -0.4 is 9.13 Å². The standard InChI is InChI=1S/C34H26N2S/c1-2-12-25-24(11-1)28-22-35-20-7-5-15-31(35)33-23(10-9-16-30(28)36-21-8-6-14-29(25)36)18-19-27-26-13-3-4-17-32(26)37-34(27)33/h1-9,11-21,28,30H,10,22H2/q+2/b16-9+. The van der Waals surface area contributed by atoms with E-state index in [0.717, 1.165) is 13.0 Å². The van der Waals surface area contributed by atoms with E-state index in [1.165, 1.54) is 53.8 Å². The second-order valence-corrected chi connectivity index (χ2v) is 11.2. The molecule has 2 atom stereocenters.